The van der Waals surface area contributed by atoms with E-state index < -0.39 is 0 Å². The topological polar surface area (TPSA) is 26.0 Å². The molecule has 2 N–H and O–H groups in total. The van der Waals surface area contributed by atoms with E-state index in [0.717, 1.165) is 5.69 Å². The third-order valence-corrected chi connectivity index (χ3v) is 3.52. The second-order valence-electron chi connectivity index (χ2n) is 4.10. The van der Waals surface area contributed by atoms with Crippen molar-refractivity contribution in [1.82, 2.24) is 0 Å². The van der Waals surface area contributed by atoms with Crippen LogP contribution in [-0.2, 0) is 12.8 Å². The zero-order chi connectivity index (χ0) is 9.59. The van der Waals surface area contributed by atoms with E-state index in [9.17, 15) is 0 Å². The quantitative estimate of drug-likeness (QED) is 0.603. The largest absolute Gasteiger partial charge is 0.398 e. The zero-order valence-electron chi connectivity index (χ0n) is 8.70. The van der Waals surface area contributed by atoms with Crippen molar-refractivity contribution in [1.29, 1.82) is 0 Å². The summed E-state index contributed by atoms with van der Waals surface area (Å²) in [6.07, 6.45) is 3.69. The number of fused-ring (bicyclic) bond motifs is 1. The van der Waals surface area contributed by atoms with E-state index in [-0.39, 0.29) is 0 Å². The van der Waals surface area contributed by atoms with Crippen molar-refractivity contribution >= 4 is 5.69 Å². The predicted octanol–water partition coefficient (Wildman–Crippen LogP) is 2.68. The van der Waals surface area contributed by atoms with Gasteiger partial charge in [-0.1, -0.05) is 0 Å². The van der Waals surface area contributed by atoms with Crippen LogP contribution in [0.3, 0.4) is 0 Å². The van der Waals surface area contributed by atoms with Gasteiger partial charge in [0.05, 0.1) is 0 Å². The summed E-state index contributed by atoms with van der Waals surface area (Å²) >= 11 is 0. The van der Waals surface area contributed by atoms with Crippen LogP contribution in [0.1, 0.15) is 34.2 Å². The minimum absolute atomic E-state index is 1.05. The molecule has 0 atom stereocenters. The summed E-state index contributed by atoms with van der Waals surface area (Å²) in [4.78, 5) is 0. The van der Waals surface area contributed by atoms with Crippen LogP contribution in [0.2, 0.25) is 0 Å². The maximum atomic E-state index is 6.10. The van der Waals surface area contributed by atoms with Gasteiger partial charge in [-0.25, -0.2) is 0 Å². The fourth-order valence-electron chi connectivity index (χ4n) is 2.39. The molecule has 0 radical (unpaired) electrons. The first kappa shape index (κ1) is 8.61. The molecular formula is C12H17N. The van der Waals surface area contributed by atoms with E-state index in [1.165, 1.54) is 47.1 Å². The van der Waals surface area contributed by atoms with E-state index in [1.807, 2.05) is 0 Å². The Hall–Kier alpha value is -0.980. The molecule has 1 aromatic rings. The Kier molecular flexibility index (Phi) is 1.83. The van der Waals surface area contributed by atoms with E-state index in [2.05, 4.69) is 20.8 Å². The highest BCUT2D eigenvalue weighted by atomic mass is 14.6. The molecule has 1 aromatic carbocycles. The number of benzene rings is 1. The van der Waals surface area contributed by atoms with Gasteiger partial charge in [0.2, 0.25) is 0 Å². The molecule has 0 bridgehead atoms. The first-order chi connectivity index (χ1) is 6.13. The molecule has 0 saturated heterocycles. The molecule has 0 aliphatic heterocycles. The van der Waals surface area contributed by atoms with E-state index in [0.29, 0.717) is 0 Å². The van der Waals surface area contributed by atoms with Crippen molar-refractivity contribution in [3.63, 3.8) is 0 Å². The highest BCUT2D eigenvalue weighted by Gasteiger charge is 2.19. The maximum Gasteiger partial charge on any atom is 0.0381 e. The highest BCUT2D eigenvalue weighted by molar-refractivity contribution is 5.63. The fraction of sp³-hybridized carbons (Fsp3) is 0.500. The Bertz CT molecular complexity index is 329. The summed E-state index contributed by atoms with van der Waals surface area (Å²) in [5, 5.41) is 0. The molecule has 0 fully saturated rings. The van der Waals surface area contributed by atoms with E-state index >= 15 is 0 Å². The van der Waals surface area contributed by atoms with Crippen molar-refractivity contribution in [2.24, 2.45) is 0 Å². The third-order valence-electron chi connectivity index (χ3n) is 3.52. The van der Waals surface area contributed by atoms with E-state index in [1.54, 1.807) is 0 Å². The van der Waals surface area contributed by atoms with Gasteiger partial charge in [-0.3, -0.25) is 0 Å². The normalized spacial score (nSPS) is 14.7. The van der Waals surface area contributed by atoms with Crippen molar-refractivity contribution in [2.75, 3.05) is 5.73 Å². The number of rotatable bonds is 0. The lowest BCUT2D eigenvalue weighted by Gasteiger charge is -2.14. The SMILES string of the molecule is Cc1c(C)c(N)c2c(c1C)CCC2. The van der Waals surface area contributed by atoms with Gasteiger partial charge in [-0.05, 0) is 67.9 Å². The average molecular weight is 175 g/mol. The smallest absolute Gasteiger partial charge is 0.0381 e. The summed E-state index contributed by atoms with van der Waals surface area (Å²) in [5.74, 6) is 0. The molecule has 1 nitrogen and oxygen atoms in total. The van der Waals surface area contributed by atoms with Crippen LogP contribution in [0.15, 0.2) is 0 Å². The highest BCUT2D eigenvalue weighted by Crippen LogP contribution is 2.34. The standard InChI is InChI=1S/C12H17N/c1-7-8(2)10-5-4-6-11(10)12(13)9(7)3/h4-6,13H2,1-3H3. The van der Waals surface area contributed by atoms with Crippen LogP contribution in [0.4, 0.5) is 5.69 Å². The first-order valence-corrected chi connectivity index (χ1v) is 5.00. The third kappa shape index (κ3) is 1.06. The molecule has 1 heteroatoms. The molecule has 13 heavy (non-hydrogen) atoms. The summed E-state index contributed by atoms with van der Waals surface area (Å²) in [6.45, 7) is 6.54. The van der Waals surface area contributed by atoms with Crippen molar-refractivity contribution in [3.05, 3.63) is 27.8 Å². The Morgan fingerprint density at radius 2 is 1.46 bits per heavy atom. The molecule has 0 unspecified atom stereocenters. The predicted molar refractivity (Wildman–Crippen MR) is 57.1 cm³/mol. The van der Waals surface area contributed by atoms with Crippen LogP contribution in [0, 0.1) is 20.8 Å². The minimum atomic E-state index is 1.05. The first-order valence-electron chi connectivity index (χ1n) is 5.00. The lowest BCUT2D eigenvalue weighted by atomic mass is 9.93. The van der Waals surface area contributed by atoms with Gasteiger partial charge in [0, 0.05) is 5.69 Å². The van der Waals surface area contributed by atoms with Crippen LogP contribution in [-0.4, -0.2) is 0 Å². The van der Waals surface area contributed by atoms with Gasteiger partial charge in [-0.15, -0.1) is 0 Å². The van der Waals surface area contributed by atoms with Gasteiger partial charge in [0.25, 0.3) is 0 Å². The monoisotopic (exact) mass is 175 g/mol. The molecule has 0 heterocycles. The fourth-order valence-corrected chi connectivity index (χ4v) is 2.39. The maximum absolute atomic E-state index is 6.10. The molecule has 1 aliphatic rings. The second kappa shape index (κ2) is 2.76. The second-order valence-corrected chi connectivity index (χ2v) is 4.10. The minimum Gasteiger partial charge on any atom is -0.398 e. The van der Waals surface area contributed by atoms with Gasteiger partial charge in [0.1, 0.15) is 0 Å². The van der Waals surface area contributed by atoms with Gasteiger partial charge < -0.3 is 5.73 Å². The molecule has 1 aliphatic carbocycles. The number of anilines is 1. The Morgan fingerprint density at radius 3 is 2.15 bits per heavy atom. The van der Waals surface area contributed by atoms with E-state index in [4.69, 9.17) is 5.73 Å². The molecule has 0 amide bonds. The number of nitrogen functional groups attached to an aromatic ring is 1. The van der Waals surface area contributed by atoms with Crippen LogP contribution in [0.25, 0.3) is 0 Å². The number of nitrogens with two attached hydrogens (primary N) is 1. The Balaban J connectivity index is 2.77. The Morgan fingerprint density at radius 1 is 0.846 bits per heavy atom. The van der Waals surface area contributed by atoms with Crippen molar-refractivity contribution in [3.8, 4) is 0 Å². The van der Waals surface area contributed by atoms with Crippen molar-refractivity contribution < 1.29 is 0 Å². The van der Waals surface area contributed by atoms with Crippen LogP contribution < -0.4 is 5.73 Å². The summed E-state index contributed by atoms with van der Waals surface area (Å²) in [7, 11) is 0. The van der Waals surface area contributed by atoms with Crippen molar-refractivity contribution in [2.45, 2.75) is 40.0 Å². The summed E-state index contributed by atoms with van der Waals surface area (Å²) in [6, 6.07) is 0. The summed E-state index contributed by atoms with van der Waals surface area (Å²) < 4.78 is 0. The number of hydrogen-bond acceptors (Lipinski definition) is 1. The van der Waals surface area contributed by atoms with Crippen LogP contribution in [0.5, 0.6) is 0 Å². The van der Waals surface area contributed by atoms with Gasteiger partial charge in [0.15, 0.2) is 0 Å². The summed E-state index contributed by atoms with van der Waals surface area (Å²) in [5.41, 5.74) is 14.3. The zero-order valence-corrected chi connectivity index (χ0v) is 8.70. The lowest BCUT2D eigenvalue weighted by Crippen LogP contribution is -2.02. The molecule has 2 rings (SSSR count). The molecule has 0 saturated carbocycles. The van der Waals surface area contributed by atoms with Crippen LogP contribution >= 0.6 is 0 Å². The molecule has 0 aromatic heterocycles. The molecular weight excluding hydrogens is 158 g/mol. The van der Waals surface area contributed by atoms with Gasteiger partial charge >= 0.3 is 0 Å². The molecule has 0 spiro atoms. The Labute approximate surface area is 80.0 Å². The average Bonchev–Trinajstić information content (AvgIpc) is 2.59. The lowest BCUT2D eigenvalue weighted by molar-refractivity contribution is 0.909. The molecule has 70 valence electrons. The number of hydrogen-bond donors (Lipinski definition) is 1. The van der Waals surface area contributed by atoms with Gasteiger partial charge in [-0.2, -0.15) is 0 Å².